The van der Waals surface area contributed by atoms with Crippen LogP contribution in [0.2, 0.25) is 0 Å². The molecule has 3 heteroatoms. The van der Waals surface area contributed by atoms with Crippen molar-refractivity contribution in [3.05, 3.63) is 61.4 Å². The molecule has 1 N–H and O–H groups in total. The van der Waals surface area contributed by atoms with E-state index in [0.29, 0.717) is 0 Å². The Kier molecular flexibility index (Phi) is 2.57. The van der Waals surface area contributed by atoms with E-state index in [2.05, 4.69) is 16.5 Å². The van der Waals surface area contributed by atoms with Crippen LogP contribution in [-0.2, 0) is 0 Å². The van der Waals surface area contributed by atoms with Gasteiger partial charge in [0.25, 0.3) is 0 Å². The van der Waals surface area contributed by atoms with Gasteiger partial charge < -0.3 is 9.72 Å². The monoisotopic (exact) mass is 236 g/mol. The number of aromatic amines is 1. The molecule has 1 heterocycles. The van der Waals surface area contributed by atoms with E-state index in [4.69, 9.17) is 4.74 Å². The zero-order valence-electron chi connectivity index (χ0n) is 9.76. The van der Waals surface area contributed by atoms with Gasteiger partial charge in [-0.2, -0.15) is 0 Å². The number of H-pyrrole nitrogens is 1. The zero-order chi connectivity index (χ0) is 12.4. The minimum Gasteiger partial charge on any atom is -0.466 e. The summed E-state index contributed by atoms with van der Waals surface area (Å²) in [5, 5.41) is 0. The first kappa shape index (κ1) is 10.6. The highest BCUT2D eigenvalue weighted by molar-refractivity contribution is 5.79. The number of nitrogens with zero attached hydrogens (tertiary/aromatic N) is 1. The van der Waals surface area contributed by atoms with E-state index in [1.807, 2.05) is 48.5 Å². The van der Waals surface area contributed by atoms with E-state index in [1.54, 1.807) is 0 Å². The minimum atomic E-state index is 0.768. The maximum Gasteiger partial charge on any atom is 0.138 e. The fourth-order valence-corrected chi connectivity index (χ4v) is 1.88. The molecule has 3 aromatic rings. The minimum absolute atomic E-state index is 0.768. The maximum absolute atomic E-state index is 5.19. The van der Waals surface area contributed by atoms with Gasteiger partial charge in [0.1, 0.15) is 11.6 Å². The van der Waals surface area contributed by atoms with Crippen LogP contribution in [0.15, 0.2) is 61.4 Å². The van der Waals surface area contributed by atoms with Gasteiger partial charge in [-0.05, 0) is 36.4 Å². The van der Waals surface area contributed by atoms with Gasteiger partial charge in [0.2, 0.25) is 0 Å². The molecule has 0 saturated carbocycles. The van der Waals surface area contributed by atoms with E-state index in [0.717, 1.165) is 28.2 Å². The van der Waals surface area contributed by atoms with Gasteiger partial charge in [0.15, 0.2) is 0 Å². The third-order valence-electron chi connectivity index (χ3n) is 2.74. The summed E-state index contributed by atoms with van der Waals surface area (Å²) >= 11 is 0. The number of benzene rings is 2. The van der Waals surface area contributed by atoms with Gasteiger partial charge in [0, 0.05) is 5.56 Å². The van der Waals surface area contributed by atoms with E-state index < -0.39 is 0 Å². The Morgan fingerprint density at radius 3 is 2.56 bits per heavy atom. The molecule has 0 aliphatic rings. The molecule has 0 amide bonds. The number of imidazole rings is 1. The molecule has 2 aromatic carbocycles. The molecule has 18 heavy (non-hydrogen) atoms. The summed E-state index contributed by atoms with van der Waals surface area (Å²) in [6.45, 7) is 3.52. The quantitative estimate of drug-likeness (QED) is 0.703. The van der Waals surface area contributed by atoms with Crippen molar-refractivity contribution in [3.8, 4) is 17.1 Å². The van der Waals surface area contributed by atoms with E-state index in [-0.39, 0.29) is 0 Å². The fraction of sp³-hybridized carbons (Fsp3) is 0. The van der Waals surface area contributed by atoms with Crippen molar-refractivity contribution in [2.24, 2.45) is 0 Å². The molecule has 0 aliphatic carbocycles. The molecule has 3 nitrogen and oxygen atoms in total. The number of para-hydroxylation sites is 2. The van der Waals surface area contributed by atoms with E-state index in [1.165, 1.54) is 6.26 Å². The molecule has 0 aliphatic heterocycles. The Morgan fingerprint density at radius 1 is 1.06 bits per heavy atom. The van der Waals surface area contributed by atoms with Crippen LogP contribution in [0.25, 0.3) is 22.4 Å². The molecule has 0 unspecified atom stereocenters. The highest BCUT2D eigenvalue weighted by Gasteiger charge is 2.04. The number of hydrogen-bond acceptors (Lipinski definition) is 2. The van der Waals surface area contributed by atoms with E-state index >= 15 is 0 Å². The Bertz CT molecular complexity index is 650. The van der Waals surface area contributed by atoms with Crippen LogP contribution in [0.5, 0.6) is 5.75 Å². The highest BCUT2D eigenvalue weighted by atomic mass is 16.5. The summed E-state index contributed by atoms with van der Waals surface area (Å²) in [5.41, 5.74) is 3.04. The lowest BCUT2D eigenvalue weighted by atomic mass is 10.2. The average Bonchev–Trinajstić information content (AvgIpc) is 2.84. The van der Waals surface area contributed by atoms with Crippen molar-refractivity contribution in [3.63, 3.8) is 0 Å². The molecule has 88 valence electrons. The van der Waals surface area contributed by atoms with Gasteiger partial charge in [-0.15, -0.1) is 0 Å². The SMILES string of the molecule is C=COc1ccc(-c2nc3ccccc3[nH]2)cc1. The molecule has 0 bridgehead atoms. The van der Waals surface area contributed by atoms with Crippen LogP contribution in [0.4, 0.5) is 0 Å². The number of rotatable bonds is 3. The van der Waals surface area contributed by atoms with Crippen molar-refractivity contribution in [1.82, 2.24) is 9.97 Å². The Balaban J connectivity index is 2.00. The van der Waals surface area contributed by atoms with Crippen LogP contribution in [0, 0.1) is 0 Å². The first-order valence-electron chi connectivity index (χ1n) is 5.69. The summed E-state index contributed by atoms with van der Waals surface area (Å²) < 4.78 is 5.19. The molecule has 0 atom stereocenters. The maximum atomic E-state index is 5.19. The van der Waals surface area contributed by atoms with Crippen LogP contribution in [-0.4, -0.2) is 9.97 Å². The highest BCUT2D eigenvalue weighted by Crippen LogP contribution is 2.22. The second kappa shape index (κ2) is 4.37. The van der Waals surface area contributed by atoms with Crippen LogP contribution >= 0.6 is 0 Å². The van der Waals surface area contributed by atoms with Crippen molar-refractivity contribution in [2.75, 3.05) is 0 Å². The molecule has 0 spiro atoms. The third-order valence-corrected chi connectivity index (χ3v) is 2.74. The van der Waals surface area contributed by atoms with Crippen molar-refractivity contribution >= 4 is 11.0 Å². The standard InChI is InChI=1S/C15H12N2O/c1-2-18-12-9-7-11(8-10-12)15-16-13-5-3-4-6-14(13)17-15/h2-10H,1H2,(H,16,17). The molecular weight excluding hydrogens is 224 g/mol. The largest absolute Gasteiger partial charge is 0.466 e. The number of aromatic nitrogens is 2. The summed E-state index contributed by atoms with van der Waals surface area (Å²) in [7, 11) is 0. The smallest absolute Gasteiger partial charge is 0.138 e. The second-order valence-corrected chi connectivity index (χ2v) is 3.91. The Hall–Kier alpha value is -2.55. The van der Waals surface area contributed by atoms with Crippen molar-refractivity contribution in [2.45, 2.75) is 0 Å². The summed E-state index contributed by atoms with van der Waals surface area (Å²) in [5.74, 6) is 1.63. The zero-order valence-corrected chi connectivity index (χ0v) is 9.76. The van der Waals surface area contributed by atoms with Gasteiger partial charge in [-0.3, -0.25) is 0 Å². The van der Waals surface area contributed by atoms with Gasteiger partial charge in [0.05, 0.1) is 17.3 Å². The lowest BCUT2D eigenvalue weighted by molar-refractivity contribution is 0.483. The van der Waals surface area contributed by atoms with E-state index in [9.17, 15) is 0 Å². The molecule has 0 saturated heterocycles. The van der Waals surface area contributed by atoms with Crippen molar-refractivity contribution in [1.29, 1.82) is 0 Å². The number of nitrogens with one attached hydrogen (secondary N) is 1. The lowest BCUT2D eigenvalue weighted by Gasteiger charge is -2.00. The normalized spacial score (nSPS) is 10.4. The Morgan fingerprint density at radius 2 is 1.83 bits per heavy atom. The molecule has 0 radical (unpaired) electrons. The third kappa shape index (κ3) is 1.86. The van der Waals surface area contributed by atoms with Gasteiger partial charge in [-0.1, -0.05) is 18.7 Å². The van der Waals surface area contributed by atoms with Crippen LogP contribution < -0.4 is 4.74 Å². The molecule has 3 rings (SSSR count). The molecule has 1 aromatic heterocycles. The first-order valence-corrected chi connectivity index (χ1v) is 5.69. The van der Waals surface area contributed by atoms with Gasteiger partial charge in [-0.25, -0.2) is 4.98 Å². The van der Waals surface area contributed by atoms with Crippen LogP contribution in [0.3, 0.4) is 0 Å². The lowest BCUT2D eigenvalue weighted by Crippen LogP contribution is -1.83. The fourth-order valence-electron chi connectivity index (χ4n) is 1.88. The van der Waals surface area contributed by atoms with Gasteiger partial charge >= 0.3 is 0 Å². The number of hydrogen-bond donors (Lipinski definition) is 1. The summed E-state index contributed by atoms with van der Waals surface area (Å²) in [6, 6.07) is 15.7. The topological polar surface area (TPSA) is 37.9 Å². The summed E-state index contributed by atoms with van der Waals surface area (Å²) in [6.07, 6.45) is 1.41. The second-order valence-electron chi connectivity index (χ2n) is 3.91. The van der Waals surface area contributed by atoms with Crippen molar-refractivity contribution < 1.29 is 4.74 Å². The molecule has 0 fully saturated rings. The van der Waals surface area contributed by atoms with Crippen LogP contribution in [0.1, 0.15) is 0 Å². The number of ether oxygens (including phenoxy) is 1. The predicted molar refractivity (Wildman–Crippen MR) is 72.4 cm³/mol. The Labute approximate surface area is 105 Å². The predicted octanol–water partition coefficient (Wildman–Crippen LogP) is 3.75. The summed E-state index contributed by atoms with van der Waals surface area (Å²) in [4.78, 5) is 7.83. The first-order chi connectivity index (χ1) is 8.86. The molecular formula is C15H12N2O. The number of fused-ring (bicyclic) bond motifs is 1. The average molecular weight is 236 g/mol.